The standard InChI is InChI=1S/C12H11ClN4O4/c13-9-3-7(1-2-10(9)18)12(21)14-4-8-5-17(16-15-8)6-11(19)20/h1-3,5,18H,4,6H2,(H,14,21)(H,19,20). The Morgan fingerprint density at radius 2 is 2.14 bits per heavy atom. The number of nitrogens with one attached hydrogen (secondary N) is 1. The molecule has 0 aliphatic rings. The van der Waals surface area contributed by atoms with E-state index in [0.717, 1.165) is 4.68 Å². The summed E-state index contributed by atoms with van der Waals surface area (Å²) in [6.07, 6.45) is 1.43. The van der Waals surface area contributed by atoms with E-state index in [9.17, 15) is 14.7 Å². The fraction of sp³-hybridized carbons (Fsp3) is 0.167. The number of carboxylic acids is 1. The van der Waals surface area contributed by atoms with Gasteiger partial charge in [-0.05, 0) is 18.2 Å². The van der Waals surface area contributed by atoms with Crippen LogP contribution in [0.2, 0.25) is 5.02 Å². The van der Waals surface area contributed by atoms with Crippen molar-refractivity contribution in [3.05, 3.63) is 40.7 Å². The highest BCUT2D eigenvalue weighted by molar-refractivity contribution is 6.32. The lowest BCUT2D eigenvalue weighted by molar-refractivity contribution is -0.137. The molecule has 2 rings (SSSR count). The van der Waals surface area contributed by atoms with Crippen molar-refractivity contribution in [2.75, 3.05) is 0 Å². The van der Waals surface area contributed by atoms with E-state index in [0.29, 0.717) is 5.69 Å². The number of nitrogens with zero attached hydrogens (tertiary/aromatic N) is 3. The molecule has 110 valence electrons. The fourth-order valence-electron chi connectivity index (χ4n) is 1.56. The Bertz CT molecular complexity index is 686. The van der Waals surface area contributed by atoms with Gasteiger partial charge in [-0.25, -0.2) is 4.68 Å². The number of aliphatic carboxylic acids is 1. The monoisotopic (exact) mass is 310 g/mol. The fourth-order valence-corrected chi connectivity index (χ4v) is 1.74. The van der Waals surface area contributed by atoms with Crippen LogP contribution in [-0.2, 0) is 17.9 Å². The van der Waals surface area contributed by atoms with Crippen LogP contribution >= 0.6 is 11.6 Å². The van der Waals surface area contributed by atoms with Crippen molar-refractivity contribution in [1.82, 2.24) is 20.3 Å². The normalized spacial score (nSPS) is 10.3. The van der Waals surface area contributed by atoms with E-state index >= 15 is 0 Å². The number of hydrogen-bond donors (Lipinski definition) is 3. The number of amides is 1. The number of hydrogen-bond acceptors (Lipinski definition) is 5. The number of aromatic hydroxyl groups is 1. The predicted molar refractivity (Wildman–Crippen MR) is 71.9 cm³/mol. The molecule has 0 aliphatic carbocycles. The highest BCUT2D eigenvalue weighted by Gasteiger charge is 2.10. The average molecular weight is 311 g/mol. The summed E-state index contributed by atoms with van der Waals surface area (Å²) in [4.78, 5) is 22.4. The van der Waals surface area contributed by atoms with Gasteiger partial charge in [0.05, 0.1) is 17.8 Å². The first-order valence-electron chi connectivity index (χ1n) is 5.83. The molecule has 0 radical (unpaired) electrons. The molecule has 0 saturated heterocycles. The molecule has 0 spiro atoms. The zero-order valence-electron chi connectivity index (χ0n) is 10.7. The van der Waals surface area contributed by atoms with Crippen molar-refractivity contribution in [3.8, 4) is 5.75 Å². The van der Waals surface area contributed by atoms with Gasteiger partial charge in [-0.15, -0.1) is 5.10 Å². The van der Waals surface area contributed by atoms with Crippen molar-refractivity contribution in [2.24, 2.45) is 0 Å². The van der Waals surface area contributed by atoms with Gasteiger partial charge in [0.25, 0.3) is 5.91 Å². The number of phenolic OH excluding ortho intramolecular Hbond substituents is 1. The number of carbonyl (C=O) groups excluding carboxylic acids is 1. The minimum atomic E-state index is -1.03. The molecule has 3 N–H and O–H groups in total. The highest BCUT2D eigenvalue weighted by Crippen LogP contribution is 2.23. The van der Waals surface area contributed by atoms with Crippen LogP contribution in [0.5, 0.6) is 5.75 Å². The molecule has 0 aliphatic heterocycles. The Morgan fingerprint density at radius 3 is 2.81 bits per heavy atom. The number of aromatic nitrogens is 3. The van der Waals surface area contributed by atoms with Crippen molar-refractivity contribution in [2.45, 2.75) is 13.1 Å². The van der Waals surface area contributed by atoms with Gasteiger partial charge in [0, 0.05) is 5.56 Å². The summed E-state index contributed by atoms with van der Waals surface area (Å²) in [6, 6.07) is 4.09. The summed E-state index contributed by atoms with van der Waals surface area (Å²) >= 11 is 5.72. The van der Waals surface area contributed by atoms with Crippen molar-refractivity contribution < 1.29 is 19.8 Å². The minimum Gasteiger partial charge on any atom is -0.506 e. The molecule has 1 amide bonds. The van der Waals surface area contributed by atoms with Gasteiger partial charge in [-0.1, -0.05) is 16.8 Å². The third-order valence-electron chi connectivity index (χ3n) is 2.52. The Hall–Kier alpha value is -2.61. The molecule has 1 aromatic carbocycles. The van der Waals surface area contributed by atoms with Crippen molar-refractivity contribution in [3.63, 3.8) is 0 Å². The molecule has 0 unspecified atom stereocenters. The first kappa shape index (κ1) is 14.8. The Labute approximate surface area is 124 Å². The number of carbonyl (C=O) groups is 2. The summed E-state index contributed by atoms with van der Waals surface area (Å²) in [6.45, 7) is -0.203. The maximum absolute atomic E-state index is 11.9. The molecule has 21 heavy (non-hydrogen) atoms. The predicted octanol–water partition coefficient (Wildman–Crippen LogP) is 0.652. The van der Waals surface area contributed by atoms with Crippen LogP contribution in [0.3, 0.4) is 0 Å². The number of carboxylic acid groups (broad SMARTS) is 1. The second kappa shape index (κ2) is 6.23. The van der Waals surface area contributed by atoms with Crippen LogP contribution in [0.4, 0.5) is 0 Å². The summed E-state index contributed by atoms with van der Waals surface area (Å²) in [5.41, 5.74) is 0.713. The summed E-state index contributed by atoms with van der Waals surface area (Å²) in [5.74, 6) is -1.54. The molecule has 2 aromatic rings. The van der Waals surface area contributed by atoms with Crippen LogP contribution in [0, 0.1) is 0 Å². The number of halogens is 1. The van der Waals surface area contributed by atoms with Gasteiger partial charge in [0.2, 0.25) is 0 Å². The van der Waals surface area contributed by atoms with Gasteiger partial charge in [-0.2, -0.15) is 0 Å². The van der Waals surface area contributed by atoms with Gasteiger partial charge >= 0.3 is 5.97 Å². The number of phenols is 1. The lowest BCUT2D eigenvalue weighted by Crippen LogP contribution is -2.22. The van der Waals surface area contributed by atoms with Crippen molar-refractivity contribution >= 4 is 23.5 Å². The van der Waals surface area contributed by atoms with Crippen LogP contribution in [0.15, 0.2) is 24.4 Å². The molecule has 1 aromatic heterocycles. The van der Waals surface area contributed by atoms with Gasteiger partial charge in [-0.3, -0.25) is 9.59 Å². The third-order valence-corrected chi connectivity index (χ3v) is 2.83. The van der Waals surface area contributed by atoms with Crippen molar-refractivity contribution in [1.29, 1.82) is 0 Å². The lowest BCUT2D eigenvalue weighted by atomic mass is 10.2. The SMILES string of the molecule is O=C(O)Cn1cc(CNC(=O)c2ccc(O)c(Cl)c2)nn1. The molecular weight excluding hydrogens is 300 g/mol. The second-order valence-corrected chi connectivity index (χ2v) is 4.56. The molecular formula is C12H11ClN4O4. The highest BCUT2D eigenvalue weighted by atomic mass is 35.5. The topological polar surface area (TPSA) is 117 Å². The molecule has 9 heteroatoms. The third kappa shape index (κ3) is 3.93. The van der Waals surface area contributed by atoms with E-state index in [-0.39, 0.29) is 29.4 Å². The quantitative estimate of drug-likeness (QED) is 0.746. The van der Waals surface area contributed by atoms with E-state index in [1.807, 2.05) is 0 Å². The number of rotatable bonds is 5. The second-order valence-electron chi connectivity index (χ2n) is 4.15. The zero-order chi connectivity index (χ0) is 15.4. The first-order valence-corrected chi connectivity index (χ1v) is 6.21. The molecule has 0 fully saturated rings. The average Bonchev–Trinajstić information content (AvgIpc) is 2.86. The molecule has 0 atom stereocenters. The summed E-state index contributed by atoms with van der Waals surface area (Å²) < 4.78 is 1.15. The Balaban J connectivity index is 1.95. The van der Waals surface area contributed by atoms with Gasteiger partial charge in [0.15, 0.2) is 0 Å². The summed E-state index contributed by atoms with van der Waals surface area (Å²) in [5, 5.41) is 27.9. The first-order chi connectivity index (χ1) is 9.95. The molecule has 1 heterocycles. The molecule has 0 saturated carbocycles. The maximum atomic E-state index is 11.9. The smallest absolute Gasteiger partial charge is 0.325 e. The van der Waals surface area contributed by atoms with E-state index in [1.165, 1.54) is 24.4 Å². The summed E-state index contributed by atoms with van der Waals surface area (Å²) in [7, 11) is 0. The van der Waals surface area contributed by atoms with E-state index in [4.69, 9.17) is 16.7 Å². The minimum absolute atomic E-state index is 0.0788. The molecule has 0 bridgehead atoms. The van der Waals surface area contributed by atoms with E-state index in [1.54, 1.807) is 0 Å². The van der Waals surface area contributed by atoms with Crippen LogP contribution in [0.25, 0.3) is 0 Å². The lowest BCUT2D eigenvalue weighted by Gasteiger charge is -2.04. The Kier molecular flexibility index (Phi) is 4.39. The Morgan fingerprint density at radius 1 is 1.38 bits per heavy atom. The largest absolute Gasteiger partial charge is 0.506 e. The number of benzene rings is 1. The van der Waals surface area contributed by atoms with Crippen LogP contribution < -0.4 is 5.32 Å². The van der Waals surface area contributed by atoms with E-state index in [2.05, 4.69) is 15.6 Å². The van der Waals surface area contributed by atoms with Gasteiger partial charge in [0.1, 0.15) is 18.0 Å². The zero-order valence-corrected chi connectivity index (χ0v) is 11.4. The van der Waals surface area contributed by atoms with E-state index < -0.39 is 11.9 Å². The van der Waals surface area contributed by atoms with Crippen LogP contribution in [-0.4, -0.2) is 37.1 Å². The van der Waals surface area contributed by atoms with Crippen LogP contribution in [0.1, 0.15) is 16.1 Å². The maximum Gasteiger partial charge on any atom is 0.325 e. The molecule has 8 nitrogen and oxygen atoms in total. The van der Waals surface area contributed by atoms with Gasteiger partial charge < -0.3 is 15.5 Å².